The fraction of sp³-hybridized carbons (Fsp3) is 0.357. The van der Waals surface area contributed by atoms with Gasteiger partial charge in [0, 0.05) is 12.7 Å². The summed E-state index contributed by atoms with van der Waals surface area (Å²) in [6.45, 7) is 1.78. The van der Waals surface area contributed by atoms with E-state index in [0.717, 1.165) is 0 Å². The molecular formula is C14H18N2O5. The predicted molar refractivity (Wildman–Crippen MR) is 76.1 cm³/mol. The Bertz CT molecular complexity index is 530. The van der Waals surface area contributed by atoms with Gasteiger partial charge in [-0.25, -0.2) is 4.79 Å². The number of amides is 2. The van der Waals surface area contributed by atoms with Gasteiger partial charge >= 0.3 is 18.0 Å². The number of carbonyl (C=O) groups excluding carboxylic acids is 2. The Morgan fingerprint density at radius 2 is 2.05 bits per heavy atom. The zero-order valence-electron chi connectivity index (χ0n) is 12.0. The average molecular weight is 294 g/mol. The van der Waals surface area contributed by atoms with Gasteiger partial charge in [-0.2, -0.15) is 0 Å². The number of nitrogens with zero attached hydrogens (tertiary/aromatic N) is 1. The molecule has 1 aromatic rings. The summed E-state index contributed by atoms with van der Waals surface area (Å²) in [5, 5.41) is 11.3. The molecule has 0 unspecified atom stereocenters. The van der Waals surface area contributed by atoms with Crippen molar-refractivity contribution in [2.45, 2.75) is 13.3 Å². The van der Waals surface area contributed by atoms with Gasteiger partial charge < -0.3 is 20.1 Å². The number of carboxylic acid groups (broad SMARTS) is 1. The number of hydrogen-bond acceptors (Lipinski definition) is 4. The Morgan fingerprint density at radius 3 is 2.67 bits per heavy atom. The molecule has 0 radical (unpaired) electrons. The van der Waals surface area contributed by atoms with Crippen molar-refractivity contribution in [1.29, 1.82) is 0 Å². The Labute approximate surface area is 122 Å². The van der Waals surface area contributed by atoms with Crippen molar-refractivity contribution in [3.63, 3.8) is 0 Å². The number of carboxylic acids is 1. The second kappa shape index (κ2) is 7.88. The molecule has 7 heteroatoms. The molecule has 0 aromatic heterocycles. The smallest absolute Gasteiger partial charge is 0.325 e. The summed E-state index contributed by atoms with van der Waals surface area (Å²) >= 11 is 0. The number of likely N-dealkylation sites (N-methyl/N-ethyl adjacent to an activating group) is 1. The molecule has 0 fully saturated rings. The van der Waals surface area contributed by atoms with Crippen molar-refractivity contribution in [3.8, 4) is 0 Å². The van der Waals surface area contributed by atoms with Gasteiger partial charge in [0.15, 0.2) is 0 Å². The highest BCUT2D eigenvalue weighted by Gasteiger charge is 2.13. The molecule has 2 N–H and O–H groups in total. The first-order chi connectivity index (χ1) is 9.92. The maximum atomic E-state index is 11.9. The Hall–Kier alpha value is -2.57. The minimum Gasteiger partial charge on any atom is -0.481 e. The first-order valence-electron chi connectivity index (χ1n) is 6.40. The number of rotatable bonds is 6. The van der Waals surface area contributed by atoms with Crippen LogP contribution in [0.15, 0.2) is 24.3 Å². The van der Waals surface area contributed by atoms with Crippen LogP contribution in [-0.4, -0.2) is 48.2 Å². The molecule has 2 amide bonds. The number of carbonyl (C=O) groups is 3. The molecule has 1 aromatic carbocycles. The van der Waals surface area contributed by atoms with Crippen LogP contribution in [0.25, 0.3) is 0 Å². The Balaban J connectivity index is 2.61. The molecule has 0 spiro atoms. The van der Waals surface area contributed by atoms with E-state index in [-0.39, 0.29) is 19.6 Å². The highest BCUT2D eigenvalue weighted by molar-refractivity contribution is 5.91. The summed E-state index contributed by atoms with van der Waals surface area (Å²) < 4.78 is 4.75. The molecule has 1 rings (SSSR count). The summed E-state index contributed by atoms with van der Waals surface area (Å²) in [6, 6.07) is 6.05. The van der Waals surface area contributed by atoms with Gasteiger partial charge in [-0.3, -0.25) is 9.59 Å². The van der Waals surface area contributed by atoms with Crippen molar-refractivity contribution in [2.75, 3.05) is 25.5 Å². The number of hydrogen-bond donors (Lipinski definition) is 2. The number of urea groups is 1. The van der Waals surface area contributed by atoms with Crippen LogP contribution in [0.4, 0.5) is 10.5 Å². The van der Waals surface area contributed by atoms with E-state index in [4.69, 9.17) is 9.84 Å². The van der Waals surface area contributed by atoms with Crippen LogP contribution in [0, 0.1) is 0 Å². The van der Waals surface area contributed by atoms with Crippen molar-refractivity contribution in [2.24, 2.45) is 0 Å². The first-order valence-corrected chi connectivity index (χ1v) is 6.40. The van der Waals surface area contributed by atoms with E-state index in [2.05, 4.69) is 5.32 Å². The third-order valence-corrected chi connectivity index (χ3v) is 2.55. The molecule has 0 atom stereocenters. The van der Waals surface area contributed by atoms with Gasteiger partial charge in [0.05, 0.1) is 13.0 Å². The van der Waals surface area contributed by atoms with Gasteiger partial charge in [-0.05, 0) is 24.6 Å². The van der Waals surface area contributed by atoms with Crippen LogP contribution in [0.3, 0.4) is 0 Å². The van der Waals surface area contributed by atoms with E-state index in [9.17, 15) is 14.4 Å². The van der Waals surface area contributed by atoms with Gasteiger partial charge in [-0.1, -0.05) is 12.1 Å². The fourth-order valence-electron chi connectivity index (χ4n) is 1.62. The van der Waals surface area contributed by atoms with Crippen molar-refractivity contribution < 1.29 is 24.2 Å². The topological polar surface area (TPSA) is 95.9 Å². The number of nitrogens with one attached hydrogen (secondary N) is 1. The molecule has 0 aliphatic rings. The Morgan fingerprint density at radius 1 is 1.33 bits per heavy atom. The molecule has 0 heterocycles. The van der Waals surface area contributed by atoms with Crippen molar-refractivity contribution >= 4 is 23.7 Å². The lowest BCUT2D eigenvalue weighted by Crippen LogP contribution is -2.36. The van der Waals surface area contributed by atoms with E-state index in [1.807, 2.05) is 0 Å². The number of benzene rings is 1. The quantitative estimate of drug-likeness (QED) is 0.772. The van der Waals surface area contributed by atoms with E-state index in [1.165, 1.54) is 11.9 Å². The van der Waals surface area contributed by atoms with Crippen LogP contribution < -0.4 is 5.32 Å². The van der Waals surface area contributed by atoms with E-state index in [1.54, 1.807) is 31.2 Å². The summed E-state index contributed by atoms with van der Waals surface area (Å²) in [5.74, 6) is -1.44. The molecule has 21 heavy (non-hydrogen) atoms. The zero-order chi connectivity index (χ0) is 15.8. The maximum Gasteiger partial charge on any atom is 0.325 e. The molecular weight excluding hydrogens is 276 g/mol. The third-order valence-electron chi connectivity index (χ3n) is 2.55. The zero-order valence-corrected chi connectivity index (χ0v) is 12.0. The van der Waals surface area contributed by atoms with Crippen LogP contribution in [0.1, 0.15) is 12.5 Å². The summed E-state index contributed by atoms with van der Waals surface area (Å²) in [7, 11) is 1.47. The Kier molecular flexibility index (Phi) is 6.19. The minimum atomic E-state index is -0.946. The molecule has 0 bridgehead atoms. The lowest BCUT2D eigenvalue weighted by Gasteiger charge is -2.17. The lowest BCUT2D eigenvalue weighted by molar-refractivity contribution is -0.143. The summed E-state index contributed by atoms with van der Waals surface area (Å²) in [4.78, 5) is 35.0. The van der Waals surface area contributed by atoms with Gasteiger partial charge in [0.2, 0.25) is 0 Å². The van der Waals surface area contributed by atoms with Crippen LogP contribution in [0.2, 0.25) is 0 Å². The number of anilines is 1. The predicted octanol–water partition coefficient (Wildman–Crippen LogP) is 1.34. The number of aliphatic carboxylic acids is 1. The number of ether oxygens (including phenoxy) is 1. The second-order valence-corrected chi connectivity index (χ2v) is 4.36. The third kappa shape index (κ3) is 5.94. The minimum absolute atomic E-state index is 0.123. The molecule has 114 valence electrons. The molecule has 7 nitrogen and oxygen atoms in total. The monoisotopic (exact) mass is 294 g/mol. The average Bonchev–Trinajstić information content (AvgIpc) is 2.38. The van der Waals surface area contributed by atoms with Crippen molar-refractivity contribution in [1.82, 2.24) is 4.90 Å². The van der Waals surface area contributed by atoms with E-state index < -0.39 is 18.0 Å². The molecule has 0 saturated carbocycles. The van der Waals surface area contributed by atoms with Gasteiger partial charge in [0.1, 0.15) is 6.54 Å². The van der Waals surface area contributed by atoms with Crippen LogP contribution in [-0.2, 0) is 20.7 Å². The highest BCUT2D eigenvalue weighted by Crippen LogP contribution is 2.12. The summed E-state index contributed by atoms with van der Waals surface area (Å²) in [6.07, 6.45) is -0.123. The SMILES string of the molecule is CCOC(=O)CN(C)C(=O)Nc1cccc(CC(=O)O)c1. The van der Waals surface area contributed by atoms with E-state index in [0.29, 0.717) is 11.3 Å². The normalized spacial score (nSPS) is 9.81. The standard InChI is InChI=1S/C14H18N2O5/c1-3-21-13(19)9-16(2)14(20)15-11-6-4-5-10(7-11)8-12(17)18/h4-7H,3,8-9H2,1-2H3,(H,15,20)(H,17,18). The van der Waals surface area contributed by atoms with Gasteiger partial charge in [-0.15, -0.1) is 0 Å². The molecule has 0 saturated heterocycles. The van der Waals surface area contributed by atoms with Gasteiger partial charge in [0.25, 0.3) is 0 Å². The fourth-order valence-corrected chi connectivity index (χ4v) is 1.62. The highest BCUT2D eigenvalue weighted by atomic mass is 16.5. The largest absolute Gasteiger partial charge is 0.481 e. The molecule has 0 aliphatic carbocycles. The van der Waals surface area contributed by atoms with Crippen molar-refractivity contribution in [3.05, 3.63) is 29.8 Å². The van der Waals surface area contributed by atoms with Crippen LogP contribution in [0.5, 0.6) is 0 Å². The second-order valence-electron chi connectivity index (χ2n) is 4.36. The molecule has 0 aliphatic heterocycles. The summed E-state index contributed by atoms with van der Waals surface area (Å²) in [5.41, 5.74) is 1.04. The van der Waals surface area contributed by atoms with E-state index >= 15 is 0 Å². The first kappa shape index (κ1) is 16.5. The number of esters is 1. The van der Waals surface area contributed by atoms with Crippen LogP contribution >= 0.6 is 0 Å². The lowest BCUT2D eigenvalue weighted by atomic mass is 10.1. The maximum absolute atomic E-state index is 11.9.